The van der Waals surface area contributed by atoms with Crippen LogP contribution in [0.15, 0.2) is 17.0 Å². The lowest BCUT2D eigenvalue weighted by molar-refractivity contribution is -0.148. The molecule has 0 aliphatic heterocycles. The van der Waals surface area contributed by atoms with Crippen molar-refractivity contribution in [2.24, 2.45) is 17.8 Å². The van der Waals surface area contributed by atoms with Gasteiger partial charge in [-0.1, -0.05) is 27.2 Å². The number of carbonyl (C=O) groups excluding carboxylic acids is 3. The lowest BCUT2D eigenvalue weighted by Gasteiger charge is -2.35. The molecular weight excluding hydrogens is 552 g/mol. The lowest BCUT2D eigenvalue weighted by atomic mass is 9.82. The Morgan fingerprint density at radius 1 is 1.18 bits per heavy atom. The highest BCUT2D eigenvalue weighted by molar-refractivity contribution is 7.10. The van der Waals surface area contributed by atoms with E-state index in [0.29, 0.717) is 30.2 Å². The summed E-state index contributed by atoms with van der Waals surface area (Å²) in [5, 5.41) is 17.0. The highest BCUT2D eigenvalue weighted by atomic mass is 32.1. The van der Waals surface area contributed by atoms with Crippen LogP contribution in [0, 0.1) is 17.8 Å². The SMILES string of the molecule is CC(=O)O[C@H](CC(C(C)C)N(C)C(=O)CC1CCC1)c1nc(C(=O)N[C@@H](Cc2nccs2)C[C@H](C)C(=O)O)cs1. The lowest BCUT2D eigenvalue weighted by Crippen LogP contribution is -2.42. The van der Waals surface area contributed by atoms with Gasteiger partial charge in [0.1, 0.15) is 10.7 Å². The fraction of sp³-hybridized carbons (Fsp3) is 0.643. The normalized spacial score (nSPS) is 16.4. The molecule has 220 valence electrons. The molecule has 2 N–H and O–H groups in total. The molecule has 10 nitrogen and oxygen atoms in total. The zero-order valence-electron chi connectivity index (χ0n) is 23.8. The van der Waals surface area contributed by atoms with E-state index in [1.807, 2.05) is 19.2 Å². The van der Waals surface area contributed by atoms with E-state index >= 15 is 0 Å². The minimum atomic E-state index is -0.936. The molecule has 2 aromatic heterocycles. The Morgan fingerprint density at radius 2 is 1.90 bits per heavy atom. The maximum atomic E-state index is 13.2. The van der Waals surface area contributed by atoms with Gasteiger partial charge in [0.05, 0.1) is 10.9 Å². The Bertz CT molecular complexity index is 1150. The first-order chi connectivity index (χ1) is 18.9. The van der Waals surface area contributed by atoms with Gasteiger partial charge in [0.2, 0.25) is 5.91 Å². The first kappa shape index (κ1) is 31.7. The number of hydrogen-bond donors (Lipinski definition) is 2. The molecule has 0 spiro atoms. The molecule has 0 aromatic carbocycles. The molecule has 2 aromatic rings. The van der Waals surface area contributed by atoms with Gasteiger partial charge in [-0.2, -0.15) is 0 Å². The van der Waals surface area contributed by atoms with Crippen molar-refractivity contribution in [2.75, 3.05) is 7.05 Å². The van der Waals surface area contributed by atoms with E-state index in [-0.39, 0.29) is 30.0 Å². The van der Waals surface area contributed by atoms with E-state index in [1.54, 1.807) is 30.4 Å². The van der Waals surface area contributed by atoms with Crippen molar-refractivity contribution < 1.29 is 29.0 Å². The van der Waals surface area contributed by atoms with Crippen molar-refractivity contribution in [3.63, 3.8) is 0 Å². The summed E-state index contributed by atoms with van der Waals surface area (Å²) in [5.74, 6) is -1.84. The van der Waals surface area contributed by atoms with Crippen molar-refractivity contribution in [3.05, 3.63) is 32.7 Å². The first-order valence-electron chi connectivity index (χ1n) is 13.7. The predicted octanol–water partition coefficient (Wildman–Crippen LogP) is 4.72. The second kappa shape index (κ2) is 14.7. The van der Waals surface area contributed by atoms with Crippen LogP contribution in [0.5, 0.6) is 0 Å². The van der Waals surface area contributed by atoms with Crippen LogP contribution >= 0.6 is 22.7 Å². The number of carbonyl (C=O) groups is 4. The van der Waals surface area contributed by atoms with Crippen LogP contribution in [0.4, 0.5) is 0 Å². The van der Waals surface area contributed by atoms with Crippen LogP contribution in [0.3, 0.4) is 0 Å². The number of carboxylic acids is 1. The van der Waals surface area contributed by atoms with Gasteiger partial charge in [0.25, 0.3) is 5.91 Å². The zero-order chi connectivity index (χ0) is 29.4. The third-order valence-electron chi connectivity index (χ3n) is 7.44. The van der Waals surface area contributed by atoms with Crippen LogP contribution in [0.1, 0.15) is 92.8 Å². The maximum absolute atomic E-state index is 13.2. The van der Waals surface area contributed by atoms with Crippen molar-refractivity contribution in [3.8, 4) is 0 Å². The van der Waals surface area contributed by atoms with Gasteiger partial charge in [0.15, 0.2) is 6.10 Å². The number of ether oxygens (including phenoxy) is 1. The predicted molar refractivity (Wildman–Crippen MR) is 153 cm³/mol. The van der Waals surface area contributed by atoms with Gasteiger partial charge in [-0.3, -0.25) is 19.2 Å². The molecule has 12 heteroatoms. The molecule has 1 unspecified atom stereocenters. The molecule has 40 heavy (non-hydrogen) atoms. The second-order valence-corrected chi connectivity index (χ2v) is 12.9. The summed E-state index contributed by atoms with van der Waals surface area (Å²) >= 11 is 2.66. The molecule has 3 rings (SSSR count). The molecular formula is C28H40N4O6S2. The van der Waals surface area contributed by atoms with E-state index in [4.69, 9.17) is 4.74 Å². The Kier molecular flexibility index (Phi) is 11.6. The molecule has 0 saturated heterocycles. The van der Waals surface area contributed by atoms with E-state index in [1.165, 1.54) is 36.0 Å². The molecule has 1 aliphatic rings. The van der Waals surface area contributed by atoms with Crippen LogP contribution in [-0.4, -0.2) is 62.9 Å². The van der Waals surface area contributed by atoms with Crippen molar-refractivity contribution in [2.45, 2.75) is 90.8 Å². The number of aliphatic carboxylic acids is 1. The summed E-state index contributed by atoms with van der Waals surface area (Å²) < 4.78 is 5.65. The second-order valence-electron chi connectivity index (χ2n) is 11.0. The summed E-state index contributed by atoms with van der Waals surface area (Å²) in [6.07, 6.45) is 5.85. The summed E-state index contributed by atoms with van der Waals surface area (Å²) in [7, 11) is 1.80. The fourth-order valence-corrected chi connectivity index (χ4v) is 6.39. The number of thiazole rings is 2. The van der Waals surface area contributed by atoms with Gasteiger partial charge < -0.3 is 20.1 Å². The maximum Gasteiger partial charge on any atom is 0.306 e. The van der Waals surface area contributed by atoms with Gasteiger partial charge in [-0.25, -0.2) is 9.97 Å². The Labute approximate surface area is 243 Å². The largest absolute Gasteiger partial charge is 0.481 e. The highest BCUT2D eigenvalue weighted by Crippen LogP contribution is 2.33. The minimum absolute atomic E-state index is 0.0889. The first-order valence-corrected chi connectivity index (χ1v) is 15.5. The topological polar surface area (TPSA) is 139 Å². The Morgan fingerprint density at radius 3 is 2.45 bits per heavy atom. The average molecular weight is 593 g/mol. The van der Waals surface area contributed by atoms with E-state index < -0.39 is 35.9 Å². The highest BCUT2D eigenvalue weighted by Gasteiger charge is 2.32. The molecule has 0 radical (unpaired) electrons. The summed E-state index contributed by atoms with van der Waals surface area (Å²) in [4.78, 5) is 60.2. The smallest absolute Gasteiger partial charge is 0.306 e. The number of hydrogen-bond acceptors (Lipinski definition) is 9. The summed E-state index contributed by atoms with van der Waals surface area (Å²) in [5.41, 5.74) is 0.166. The average Bonchev–Trinajstić information content (AvgIpc) is 3.55. The number of nitrogens with zero attached hydrogens (tertiary/aromatic N) is 3. The number of aromatic nitrogens is 2. The Balaban J connectivity index is 1.73. The van der Waals surface area contributed by atoms with Gasteiger partial charge in [-0.05, 0) is 31.1 Å². The van der Waals surface area contributed by atoms with Gasteiger partial charge >= 0.3 is 11.9 Å². The molecule has 1 aliphatic carbocycles. The van der Waals surface area contributed by atoms with Crippen molar-refractivity contribution in [1.82, 2.24) is 20.2 Å². The molecule has 4 atom stereocenters. The quantitative estimate of drug-likeness (QED) is 0.283. The monoisotopic (exact) mass is 592 g/mol. The van der Waals surface area contributed by atoms with E-state index in [2.05, 4.69) is 15.3 Å². The number of rotatable bonds is 15. The minimum Gasteiger partial charge on any atom is -0.481 e. The number of amides is 2. The number of esters is 1. The molecule has 1 saturated carbocycles. The molecule has 0 bridgehead atoms. The van der Waals surface area contributed by atoms with Crippen LogP contribution in [-0.2, 0) is 25.5 Å². The van der Waals surface area contributed by atoms with E-state index in [9.17, 15) is 24.3 Å². The zero-order valence-corrected chi connectivity index (χ0v) is 25.4. The van der Waals surface area contributed by atoms with Crippen LogP contribution in [0.2, 0.25) is 0 Å². The van der Waals surface area contributed by atoms with Crippen molar-refractivity contribution >= 4 is 46.4 Å². The molecule has 2 heterocycles. The Hall–Kier alpha value is -2.86. The fourth-order valence-electron chi connectivity index (χ4n) is 4.85. The summed E-state index contributed by atoms with van der Waals surface area (Å²) in [6, 6.07) is -0.627. The van der Waals surface area contributed by atoms with Crippen LogP contribution in [0.25, 0.3) is 0 Å². The van der Waals surface area contributed by atoms with Gasteiger partial charge in [0, 0.05) is 62.3 Å². The molecule has 2 amide bonds. The van der Waals surface area contributed by atoms with Gasteiger partial charge in [-0.15, -0.1) is 22.7 Å². The third kappa shape index (κ3) is 9.09. The van der Waals surface area contributed by atoms with Crippen molar-refractivity contribution in [1.29, 1.82) is 0 Å². The standard InChI is InChI=1S/C28H40N4O6S2/c1-16(2)22(32(5)25(34)12-19-7-6-8-19)14-23(38-18(4)33)27-31-21(15-40-27)26(35)30-20(11-17(3)28(36)37)13-24-29-9-10-39-24/h9-10,15-17,19-20,22-23H,6-8,11-14H2,1-5H3,(H,30,35)(H,36,37)/t17-,20+,22?,23+/m0/s1. The van der Waals surface area contributed by atoms with Crippen LogP contribution < -0.4 is 5.32 Å². The number of carboxylic acid groups (broad SMARTS) is 1. The molecule has 1 fully saturated rings. The summed E-state index contributed by atoms with van der Waals surface area (Å²) in [6.45, 7) is 7.00. The number of nitrogens with one attached hydrogen (secondary N) is 1. The van der Waals surface area contributed by atoms with E-state index in [0.717, 1.165) is 17.8 Å². The third-order valence-corrected chi connectivity index (χ3v) is 9.18.